The lowest BCUT2D eigenvalue weighted by Crippen LogP contribution is -2.18. The molecule has 1 aliphatic rings. The summed E-state index contributed by atoms with van der Waals surface area (Å²) in [4.78, 5) is 21.3. The first-order valence-electron chi connectivity index (χ1n) is 8.08. The minimum Gasteiger partial charge on any atom is -0.508 e. The van der Waals surface area contributed by atoms with Crippen molar-refractivity contribution >= 4 is 40.1 Å². The van der Waals surface area contributed by atoms with Crippen molar-refractivity contribution in [1.82, 2.24) is 9.98 Å². The van der Waals surface area contributed by atoms with Crippen molar-refractivity contribution in [2.75, 3.05) is 10.6 Å². The van der Waals surface area contributed by atoms with Crippen LogP contribution in [0.2, 0.25) is 0 Å². The molecule has 0 fully saturated rings. The van der Waals surface area contributed by atoms with Crippen LogP contribution in [-0.2, 0) is 4.79 Å². The minimum atomic E-state index is -0.337. The number of carbonyl (C=O) groups is 1. The minimum absolute atomic E-state index is 0.120. The zero-order chi connectivity index (χ0) is 18.1. The number of benzene rings is 2. The smallest absolute Gasteiger partial charge is 0.348 e. The number of anilines is 2. The Kier molecular flexibility index (Phi) is 4.14. The van der Waals surface area contributed by atoms with E-state index in [1.807, 2.05) is 30.5 Å². The van der Waals surface area contributed by atoms with E-state index in [4.69, 9.17) is 0 Å². The Morgan fingerprint density at radius 3 is 2.81 bits per heavy atom. The van der Waals surface area contributed by atoms with Crippen molar-refractivity contribution in [3.8, 4) is 5.75 Å². The van der Waals surface area contributed by atoms with Gasteiger partial charge < -0.3 is 10.4 Å². The molecule has 3 N–H and O–H groups in total. The Labute approximate surface area is 154 Å². The van der Waals surface area contributed by atoms with Crippen molar-refractivity contribution in [1.29, 1.82) is 0 Å². The van der Waals surface area contributed by atoms with Gasteiger partial charge in [0.1, 0.15) is 5.75 Å². The number of aromatic nitrogens is 1. The number of nitrogens with zero attached hydrogens (tertiary/aromatic N) is 2. The molecule has 7 heteroatoms. The largest absolute Gasteiger partial charge is 0.508 e. The van der Waals surface area contributed by atoms with Crippen molar-refractivity contribution < 1.29 is 9.90 Å². The quantitative estimate of drug-likeness (QED) is 0.662. The number of amides is 1. The van der Waals surface area contributed by atoms with Gasteiger partial charge in [-0.3, -0.25) is 4.79 Å². The number of aliphatic imine (C=N–C) groups is 1. The Balaban J connectivity index is 1.50. The molecule has 1 radical (unpaired) electrons. The molecular formula is C19H16N4O2S+. The molecule has 1 atom stereocenters. The van der Waals surface area contributed by atoms with Crippen molar-refractivity contribution in [2.45, 2.75) is 12.8 Å². The first kappa shape index (κ1) is 16.3. The number of fused-ring (bicyclic) bond motifs is 1. The third-order valence-electron chi connectivity index (χ3n) is 4.21. The molecule has 0 aliphatic carbocycles. The van der Waals surface area contributed by atoms with Crippen LogP contribution in [0.3, 0.4) is 0 Å². The predicted octanol–water partition coefficient (Wildman–Crippen LogP) is 3.43. The Bertz CT molecular complexity index is 981. The molecule has 2 aromatic carbocycles. The number of rotatable bonds is 4. The first-order chi connectivity index (χ1) is 12.6. The summed E-state index contributed by atoms with van der Waals surface area (Å²) in [5.41, 5.74) is 5.74. The molecule has 0 saturated heterocycles. The maximum Gasteiger partial charge on any atom is 0.348 e. The van der Waals surface area contributed by atoms with Crippen LogP contribution in [0.4, 0.5) is 17.1 Å². The number of hydrogen-bond donors (Lipinski definition) is 3. The maximum atomic E-state index is 12.5. The summed E-state index contributed by atoms with van der Waals surface area (Å²) >= 11 is 1.51. The van der Waals surface area contributed by atoms with Crippen molar-refractivity contribution in [3.63, 3.8) is 0 Å². The summed E-state index contributed by atoms with van der Waals surface area (Å²) in [5, 5.41) is 17.5. The number of phenols is 1. The fourth-order valence-electron chi connectivity index (χ4n) is 2.70. The molecule has 0 bridgehead atoms. The van der Waals surface area contributed by atoms with Crippen LogP contribution in [0.15, 0.2) is 53.4 Å². The summed E-state index contributed by atoms with van der Waals surface area (Å²) in [6.07, 6.45) is 0. The first-order valence-corrected chi connectivity index (χ1v) is 9.02. The van der Waals surface area contributed by atoms with Crippen LogP contribution in [0, 0.1) is 0 Å². The number of phenolic OH excluding ortho intramolecular Hbond substituents is 1. The molecule has 6 nitrogen and oxygen atoms in total. The summed E-state index contributed by atoms with van der Waals surface area (Å²) in [7, 11) is 0. The van der Waals surface area contributed by atoms with E-state index >= 15 is 0 Å². The molecule has 1 aromatic heterocycles. The fraction of sp³-hybridized carbons (Fsp3) is 0.105. The Morgan fingerprint density at radius 1 is 1.27 bits per heavy atom. The zero-order valence-corrected chi connectivity index (χ0v) is 14.7. The summed E-state index contributed by atoms with van der Waals surface area (Å²) in [5.74, 6) is 0.435. The monoisotopic (exact) mass is 364 g/mol. The van der Waals surface area contributed by atoms with Crippen LogP contribution >= 0.6 is 11.3 Å². The molecular weight excluding hydrogens is 348 g/mol. The van der Waals surface area contributed by atoms with Crippen molar-refractivity contribution in [3.05, 3.63) is 64.6 Å². The van der Waals surface area contributed by atoms with Crippen molar-refractivity contribution in [2.24, 2.45) is 0 Å². The average molecular weight is 364 g/mol. The number of amidine groups is 1. The number of thiazole rings is 1. The third-order valence-corrected chi connectivity index (χ3v) is 4.80. The van der Waals surface area contributed by atoms with Crippen LogP contribution in [0.25, 0.3) is 0 Å². The van der Waals surface area contributed by atoms with E-state index in [2.05, 4.69) is 20.6 Å². The third kappa shape index (κ3) is 3.16. The molecule has 0 spiro atoms. The summed E-state index contributed by atoms with van der Waals surface area (Å²) < 4.78 is 0. The van der Waals surface area contributed by atoms with E-state index in [0.717, 1.165) is 22.6 Å². The van der Waals surface area contributed by atoms with Gasteiger partial charge in [-0.15, -0.1) is 11.3 Å². The summed E-state index contributed by atoms with van der Waals surface area (Å²) in [6, 6.07) is 12.2. The highest BCUT2D eigenvalue weighted by molar-refractivity contribution is 7.07. The highest BCUT2D eigenvalue weighted by atomic mass is 32.1. The number of carbonyl (C=O) groups excluding carboxylic acids is 1. The Morgan fingerprint density at radius 2 is 2.08 bits per heavy atom. The number of nitrogens with one attached hydrogen (secondary N) is 2. The SMILES string of the molecule is CC(C(=O)Nc1ccc2c(c1)[N+]=C(c1cscn1)N2)c1ccc(O)cc1. The van der Waals surface area contributed by atoms with Gasteiger partial charge in [-0.05, 0) is 41.7 Å². The Hall–Kier alpha value is -3.19. The second-order valence-corrected chi connectivity index (χ2v) is 6.71. The molecule has 1 amide bonds. The van der Waals surface area contributed by atoms with Gasteiger partial charge in [0, 0.05) is 17.1 Å². The standard InChI is InChI=1S/C19H16N4O2S/c1-11(12-2-5-14(24)6-3-12)19(25)21-13-4-7-15-16(8-13)23-18(22-15)17-9-26-10-20-17/h2-11,22,24H,1H3,(H,21,25)/q+1. The lowest BCUT2D eigenvalue weighted by Gasteiger charge is -2.12. The number of aromatic hydroxyl groups is 1. The van der Waals surface area contributed by atoms with E-state index < -0.39 is 0 Å². The lowest BCUT2D eigenvalue weighted by atomic mass is 10.00. The van der Waals surface area contributed by atoms with Gasteiger partial charge in [0.25, 0.3) is 0 Å². The van der Waals surface area contributed by atoms with E-state index in [9.17, 15) is 9.90 Å². The highest BCUT2D eigenvalue weighted by Gasteiger charge is 2.28. The predicted molar refractivity (Wildman–Crippen MR) is 103 cm³/mol. The molecule has 1 unspecified atom stereocenters. The molecule has 1 aliphatic heterocycles. The van der Waals surface area contributed by atoms with Gasteiger partial charge in [-0.25, -0.2) is 10.3 Å². The second kappa shape index (κ2) is 6.61. The average Bonchev–Trinajstić information content (AvgIpc) is 3.30. The molecule has 2 heterocycles. The second-order valence-electron chi connectivity index (χ2n) is 5.99. The van der Waals surface area contributed by atoms with Gasteiger partial charge in [0.15, 0.2) is 11.4 Å². The van der Waals surface area contributed by atoms with Crippen LogP contribution < -0.4 is 15.6 Å². The normalized spacial score (nSPS) is 13.5. The van der Waals surface area contributed by atoms with Gasteiger partial charge >= 0.3 is 5.84 Å². The van der Waals surface area contributed by atoms with E-state index in [1.54, 1.807) is 29.8 Å². The lowest BCUT2D eigenvalue weighted by molar-refractivity contribution is -0.117. The van der Waals surface area contributed by atoms with Crippen LogP contribution in [-0.4, -0.2) is 21.8 Å². The van der Waals surface area contributed by atoms with E-state index in [1.165, 1.54) is 11.3 Å². The fourth-order valence-corrected chi connectivity index (χ4v) is 3.24. The molecule has 4 rings (SSSR count). The van der Waals surface area contributed by atoms with Gasteiger partial charge in [0.05, 0.1) is 11.4 Å². The van der Waals surface area contributed by atoms with Gasteiger partial charge in [-0.1, -0.05) is 12.1 Å². The maximum absolute atomic E-state index is 12.5. The van der Waals surface area contributed by atoms with Gasteiger partial charge in [0.2, 0.25) is 11.6 Å². The van der Waals surface area contributed by atoms with E-state index in [-0.39, 0.29) is 17.6 Å². The molecule has 26 heavy (non-hydrogen) atoms. The van der Waals surface area contributed by atoms with Gasteiger partial charge in [-0.2, -0.15) is 0 Å². The highest BCUT2D eigenvalue weighted by Crippen LogP contribution is 2.30. The summed E-state index contributed by atoms with van der Waals surface area (Å²) in [6.45, 7) is 1.83. The zero-order valence-electron chi connectivity index (χ0n) is 13.9. The van der Waals surface area contributed by atoms with Crippen LogP contribution in [0.5, 0.6) is 5.75 Å². The van der Waals surface area contributed by atoms with Crippen LogP contribution in [0.1, 0.15) is 24.1 Å². The molecule has 3 aromatic rings. The molecule has 129 valence electrons. The molecule has 0 saturated carbocycles. The number of hydrogen-bond acceptors (Lipinski definition) is 6. The van der Waals surface area contributed by atoms with E-state index in [0.29, 0.717) is 11.5 Å². The topological polar surface area (TPSA) is 88.4 Å².